The summed E-state index contributed by atoms with van der Waals surface area (Å²) in [7, 11) is 0. The Hall–Kier alpha value is -2.50. The van der Waals surface area contributed by atoms with E-state index in [1.807, 2.05) is 31.2 Å². The Labute approximate surface area is 156 Å². The third-order valence-electron chi connectivity index (χ3n) is 3.11. The largest absolute Gasteiger partial charge is 0.443 e. The first-order chi connectivity index (χ1) is 11.8. The highest BCUT2D eigenvalue weighted by Gasteiger charge is 2.26. The number of carbonyl (C=O) groups is 2. The lowest BCUT2D eigenvalue weighted by molar-refractivity contribution is 0.00457. The topological polar surface area (TPSA) is 67.9 Å². The smallest absolute Gasteiger partial charge is 0.429 e. The number of carbonyl (C=O) groups excluding carboxylic acids is 2. The number of hydrogen-bond acceptors (Lipinski definition) is 4. The maximum absolute atomic E-state index is 12.5. The molecular formula is C20H30N2O4. The van der Waals surface area contributed by atoms with Crippen molar-refractivity contribution in [1.82, 2.24) is 10.4 Å². The molecule has 0 bridgehead atoms. The predicted molar refractivity (Wildman–Crippen MR) is 103 cm³/mol. The molecule has 0 heterocycles. The molecule has 0 aliphatic carbocycles. The summed E-state index contributed by atoms with van der Waals surface area (Å²) in [5.41, 5.74) is 3.68. The first-order valence-corrected chi connectivity index (χ1v) is 8.52. The third-order valence-corrected chi connectivity index (χ3v) is 3.11. The van der Waals surface area contributed by atoms with Crippen LogP contribution < -0.4 is 5.43 Å². The van der Waals surface area contributed by atoms with Gasteiger partial charge < -0.3 is 9.47 Å². The van der Waals surface area contributed by atoms with Gasteiger partial charge in [0.1, 0.15) is 11.2 Å². The molecule has 1 aromatic carbocycles. The fourth-order valence-electron chi connectivity index (χ4n) is 2.12. The zero-order chi connectivity index (χ0) is 20.1. The summed E-state index contributed by atoms with van der Waals surface area (Å²) in [6.07, 6.45) is -1.42. The van der Waals surface area contributed by atoms with Crippen LogP contribution in [0.3, 0.4) is 0 Å². The molecule has 2 amide bonds. The van der Waals surface area contributed by atoms with Crippen molar-refractivity contribution < 1.29 is 19.1 Å². The number of nitrogens with zero attached hydrogens (tertiary/aromatic N) is 1. The van der Waals surface area contributed by atoms with Gasteiger partial charge in [0.15, 0.2) is 0 Å². The molecule has 0 unspecified atom stereocenters. The van der Waals surface area contributed by atoms with Gasteiger partial charge in [-0.1, -0.05) is 30.8 Å². The van der Waals surface area contributed by atoms with Gasteiger partial charge in [0.05, 0.1) is 6.54 Å². The van der Waals surface area contributed by atoms with Crippen LogP contribution in [0.15, 0.2) is 30.8 Å². The number of rotatable bonds is 3. The molecule has 26 heavy (non-hydrogen) atoms. The van der Waals surface area contributed by atoms with Crippen LogP contribution in [0.4, 0.5) is 9.59 Å². The highest BCUT2D eigenvalue weighted by atomic mass is 16.6. The lowest BCUT2D eigenvalue weighted by atomic mass is 10.0. The number of nitrogens with one attached hydrogen (secondary N) is 1. The summed E-state index contributed by atoms with van der Waals surface area (Å²) in [6, 6.07) is 7.70. The molecule has 1 aromatic rings. The summed E-state index contributed by atoms with van der Waals surface area (Å²) < 4.78 is 10.6. The van der Waals surface area contributed by atoms with E-state index >= 15 is 0 Å². The maximum Gasteiger partial charge on any atom is 0.429 e. The second-order valence-corrected chi connectivity index (χ2v) is 8.10. The SMILES string of the molecule is C=C(CN(NC(=O)OC(C)(C)C)C(=O)OC(C)(C)C)c1ccccc1C. The summed E-state index contributed by atoms with van der Waals surface area (Å²) in [6.45, 7) is 16.6. The van der Waals surface area contributed by atoms with E-state index in [1.54, 1.807) is 41.5 Å². The Bertz CT molecular complexity index is 669. The van der Waals surface area contributed by atoms with Crippen molar-refractivity contribution in [1.29, 1.82) is 0 Å². The van der Waals surface area contributed by atoms with Crippen molar-refractivity contribution in [3.63, 3.8) is 0 Å². The number of aryl methyl sites for hydroxylation is 1. The van der Waals surface area contributed by atoms with Crippen molar-refractivity contribution in [2.24, 2.45) is 0 Å². The van der Waals surface area contributed by atoms with E-state index in [1.165, 1.54) is 0 Å². The molecular weight excluding hydrogens is 332 g/mol. The number of hydrazine groups is 1. The van der Waals surface area contributed by atoms with Gasteiger partial charge in [-0.3, -0.25) is 0 Å². The number of amides is 2. The van der Waals surface area contributed by atoms with E-state index in [0.717, 1.165) is 16.1 Å². The molecule has 0 aliphatic heterocycles. The second kappa shape index (κ2) is 8.25. The average molecular weight is 362 g/mol. The monoisotopic (exact) mass is 362 g/mol. The Morgan fingerprint density at radius 2 is 1.58 bits per heavy atom. The van der Waals surface area contributed by atoms with Gasteiger partial charge in [0.25, 0.3) is 0 Å². The molecule has 0 saturated heterocycles. The van der Waals surface area contributed by atoms with Crippen LogP contribution in [-0.2, 0) is 9.47 Å². The van der Waals surface area contributed by atoms with Gasteiger partial charge >= 0.3 is 12.2 Å². The van der Waals surface area contributed by atoms with E-state index in [2.05, 4.69) is 12.0 Å². The average Bonchev–Trinajstić information content (AvgIpc) is 2.43. The summed E-state index contributed by atoms with van der Waals surface area (Å²) in [4.78, 5) is 24.6. The highest BCUT2D eigenvalue weighted by molar-refractivity contribution is 5.77. The van der Waals surface area contributed by atoms with Gasteiger partial charge in [0.2, 0.25) is 0 Å². The molecule has 6 nitrogen and oxygen atoms in total. The van der Waals surface area contributed by atoms with Crippen LogP contribution >= 0.6 is 0 Å². The molecule has 1 rings (SSSR count). The van der Waals surface area contributed by atoms with Gasteiger partial charge in [-0.25, -0.2) is 20.0 Å². The quantitative estimate of drug-likeness (QED) is 0.793. The molecule has 0 atom stereocenters. The maximum atomic E-state index is 12.5. The summed E-state index contributed by atoms with van der Waals surface area (Å²) in [5, 5.41) is 1.08. The van der Waals surface area contributed by atoms with Crippen molar-refractivity contribution in [2.75, 3.05) is 6.54 Å². The second-order valence-electron chi connectivity index (χ2n) is 8.10. The molecule has 0 aromatic heterocycles. The molecule has 6 heteroatoms. The fraction of sp³-hybridized carbons (Fsp3) is 0.500. The normalized spacial score (nSPS) is 11.5. The van der Waals surface area contributed by atoms with Gasteiger partial charge in [-0.15, -0.1) is 0 Å². The lowest BCUT2D eigenvalue weighted by Gasteiger charge is -2.29. The molecule has 144 valence electrons. The van der Waals surface area contributed by atoms with Crippen LogP contribution in [0.25, 0.3) is 5.57 Å². The fourth-order valence-corrected chi connectivity index (χ4v) is 2.12. The Morgan fingerprint density at radius 1 is 1.04 bits per heavy atom. The van der Waals surface area contributed by atoms with Crippen LogP contribution in [0.1, 0.15) is 52.7 Å². The van der Waals surface area contributed by atoms with E-state index in [0.29, 0.717) is 5.57 Å². The standard InChI is InChI=1S/C20H30N2O4/c1-14-11-9-10-12-16(14)15(2)13-22(18(24)26-20(6,7)8)21-17(23)25-19(3,4)5/h9-12H,2,13H2,1,3-8H3,(H,21,23). The molecule has 0 radical (unpaired) electrons. The number of hydrogen-bond donors (Lipinski definition) is 1. The van der Waals surface area contributed by atoms with Crippen LogP contribution in [0.5, 0.6) is 0 Å². The van der Waals surface area contributed by atoms with Gasteiger partial charge in [-0.2, -0.15) is 0 Å². The Balaban J connectivity index is 2.96. The number of ether oxygens (including phenoxy) is 2. The predicted octanol–water partition coefficient (Wildman–Crippen LogP) is 4.69. The lowest BCUT2D eigenvalue weighted by Crippen LogP contribution is -2.50. The van der Waals surface area contributed by atoms with E-state index in [9.17, 15) is 9.59 Å². The first-order valence-electron chi connectivity index (χ1n) is 8.52. The minimum Gasteiger partial charge on any atom is -0.443 e. The zero-order valence-corrected chi connectivity index (χ0v) is 16.8. The van der Waals surface area contributed by atoms with E-state index in [4.69, 9.17) is 9.47 Å². The van der Waals surface area contributed by atoms with E-state index in [-0.39, 0.29) is 6.54 Å². The Kier molecular flexibility index (Phi) is 6.84. The highest BCUT2D eigenvalue weighted by Crippen LogP contribution is 2.19. The van der Waals surface area contributed by atoms with E-state index < -0.39 is 23.4 Å². The minimum atomic E-state index is -0.735. The van der Waals surface area contributed by atoms with Crippen molar-refractivity contribution in [2.45, 2.75) is 59.7 Å². The first kappa shape index (κ1) is 21.5. The van der Waals surface area contributed by atoms with Crippen LogP contribution in [0.2, 0.25) is 0 Å². The molecule has 0 saturated carbocycles. The summed E-state index contributed by atoms with van der Waals surface area (Å²) >= 11 is 0. The van der Waals surface area contributed by atoms with Crippen LogP contribution in [0, 0.1) is 6.92 Å². The zero-order valence-electron chi connectivity index (χ0n) is 16.8. The molecule has 1 N–H and O–H groups in total. The van der Waals surface area contributed by atoms with Crippen LogP contribution in [-0.4, -0.2) is 34.9 Å². The number of benzene rings is 1. The Morgan fingerprint density at radius 3 is 2.08 bits per heavy atom. The van der Waals surface area contributed by atoms with Crippen molar-refractivity contribution in [3.05, 3.63) is 42.0 Å². The molecule has 0 spiro atoms. The minimum absolute atomic E-state index is 0.0685. The van der Waals surface area contributed by atoms with Gasteiger partial charge in [-0.05, 0) is 65.2 Å². The molecule has 0 aliphatic rings. The van der Waals surface area contributed by atoms with Crippen molar-refractivity contribution >= 4 is 17.8 Å². The molecule has 0 fully saturated rings. The third kappa shape index (κ3) is 7.59. The van der Waals surface area contributed by atoms with Crippen molar-refractivity contribution in [3.8, 4) is 0 Å². The van der Waals surface area contributed by atoms with Gasteiger partial charge in [0, 0.05) is 0 Å². The summed E-state index contributed by atoms with van der Waals surface area (Å²) in [5.74, 6) is 0.